The lowest BCUT2D eigenvalue weighted by atomic mass is 10.1. The highest BCUT2D eigenvalue weighted by molar-refractivity contribution is 6.32. The van der Waals surface area contributed by atoms with Gasteiger partial charge in [0, 0.05) is 23.2 Å². The molecular formula is C14H14ClN3O2. The van der Waals surface area contributed by atoms with E-state index in [0.717, 1.165) is 5.39 Å². The van der Waals surface area contributed by atoms with E-state index in [1.54, 1.807) is 18.3 Å². The molecule has 0 radical (unpaired) electrons. The molecule has 1 fully saturated rings. The van der Waals surface area contributed by atoms with Crippen molar-refractivity contribution < 1.29 is 9.90 Å². The van der Waals surface area contributed by atoms with Crippen LogP contribution in [0.2, 0.25) is 5.02 Å². The predicted molar refractivity (Wildman–Crippen MR) is 77.8 cm³/mol. The van der Waals surface area contributed by atoms with Crippen LogP contribution in [0.4, 0.5) is 5.69 Å². The number of carbonyl (C=O) groups excluding carboxylic acids is 1. The van der Waals surface area contributed by atoms with Gasteiger partial charge in [-0.1, -0.05) is 17.7 Å². The summed E-state index contributed by atoms with van der Waals surface area (Å²) in [5, 5.41) is 16.7. The molecule has 0 aliphatic carbocycles. The molecule has 1 saturated heterocycles. The number of halogens is 1. The fourth-order valence-corrected chi connectivity index (χ4v) is 2.61. The maximum atomic E-state index is 12.2. The molecule has 1 aliphatic heterocycles. The van der Waals surface area contributed by atoms with Crippen molar-refractivity contribution in [3.8, 4) is 0 Å². The first kappa shape index (κ1) is 13.3. The van der Waals surface area contributed by atoms with Crippen molar-refractivity contribution >= 4 is 34.1 Å². The Morgan fingerprint density at radius 1 is 1.50 bits per heavy atom. The molecule has 20 heavy (non-hydrogen) atoms. The van der Waals surface area contributed by atoms with Crippen molar-refractivity contribution in [1.82, 2.24) is 10.3 Å². The number of hydrogen-bond donors (Lipinski definition) is 3. The second-order valence-electron chi connectivity index (χ2n) is 4.87. The third-order valence-electron chi connectivity index (χ3n) is 3.35. The molecule has 1 aliphatic rings. The van der Waals surface area contributed by atoms with E-state index in [-0.39, 0.29) is 11.9 Å². The smallest absolute Gasteiger partial charge is 0.241 e. The van der Waals surface area contributed by atoms with E-state index in [0.29, 0.717) is 29.2 Å². The standard InChI is InChI=1S/C14H14ClN3O2/c15-9-4-8-2-1-3-16-13(8)11(5-9)18-14(20)12-6-10(19)7-17-12/h1-5,10,12,17,19H,6-7H2,(H,18,20). The van der Waals surface area contributed by atoms with Crippen LogP contribution in [0.25, 0.3) is 10.9 Å². The second kappa shape index (κ2) is 5.36. The van der Waals surface area contributed by atoms with E-state index >= 15 is 0 Å². The number of nitrogens with one attached hydrogen (secondary N) is 2. The minimum atomic E-state index is -0.472. The molecule has 6 heteroatoms. The molecule has 3 rings (SSSR count). The Morgan fingerprint density at radius 3 is 3.10 bits per heavy atom. The summed E-state index contributed by atoms with van der Waals surface area (Å²) in [5.41, 5.74) is 1.28. The molecular weight excluding hydrogens is 278 g/mol. The number of aromatic nitrogens is 1. The van der Waals surface area contributed by atoms with Crippen molar-refractivity contribution in [2.24, 2.45) is 0 Å². The average molecular weight is 292 g/mol. The van der Waals surface area contributed by atoms with Gasteiger partial charge in [0.15, 0.2) is 0 Å². The summed E-state index contributed by atoms with van der Waals surface area (Å²) in [6, 6.07) is 6.81. The Balaban J connectivity index is 1.88. The number of aliphatic hydroxyl groups excluding tert-OH is 1. The van der Waals surface area contributed by atoms with Crippen LogP contribution in [-0.2, 0) is 4.79 Å². The highest BCUT2D eigenvalue weighted by Crippen LogP contribution is 2.26. The zero-order valence-corrected chi connectivity index (χ0v) is 11.4. The van der Waals surface area contributed by atoms with Crippen LogP contribution < -0.4 is 10.6 Å². The molecule has 0 spiro atoms. The van der Waals surface area contributed by atoms with E-state index in [9.17, 15) is 9.90 Å². The lowest BCUT2D eigenvalue weighted by Gasteiger charge is -2.13. The van der Waals surface area contributed by atoms with E-state index in [1.807, 2.05) is 12.1 Å². The lowest BCUT2D eigenvalue weighted by Crippen LogP contribution is -2.35. The van der Waals surface area contributed by atoms with Crippen LogP contribution >= 0.6 is 11.6 Å². The maximum absolute atomic E-state index is 12.2. The van der Waals surface area contributed by atoms with Crippen LogP contribution in [0.15, 0.2) is 30.5 Å². The first-order chi connectivity index (χ1) is 9.63. The van der Waals surface area contributed by atoms with Crippen molar-refractivity contribution in [3.63, 3.8) is 0 Å². The van der Waals surface area contributed by atoms with E-state index in [4.69, 9.17) is 11.6 Å². The molecule has 2 heterocycles. The summed E-state index contributed by atoms with van der Waals surface area (Å²) >= 11 is 6.06. The number of β-amino-alcohol motifs (C(OH)–C–C–N with tert-alkyl or cyclic N) is 1. The molecule has 1 aromatic carbocycles. The van der Waals surface area contributed by atoms with Crippen molar-refractivity contribution in [2.45, 2.75) is 18.6 Å². The number of aliphatic hydroxyl groups is 1. The van der Waals surface area contributed by atoms with Gasteiger partial charge in [-0.3, -0.25) is 9.78 Å². The average Bonchev–Trinajstić information content (AvgIpc) is 2.85. The third-order valence-corrected chi connectivity index (χ3v) is 3.57. The minimum absolute atomic E-state index is 0.184. The summed E-state index contributed by atoms with van der Waals surface area (Å²) in [6.45, 7) is 0.437. The maximum Gasteiger partial charge on any atom is 0.241 e. The van der Waals surface area contributed by atoms with Gasteiger partial charge in [-0.2, -0.15) is 0 Å². The normalized spacial score (nSPS) is 22.1. The van der Waals surface area contributed by atoms with Gasteiger partial charge < -0.3 is 15.7 Å². The zero-order chi connectivity index (χ0) is 14.1. The van der Waals surface area contributed by atoms with Crippen LogP contribution in [0, 0.1) is 0 Å². The zero-order valence-electron chi connectivity index (χ0n) is 10.6. The first-order valence-corrected chi connectivity index (χ1v) is 6.78. The van der Waals surface area contributed by atoms with Gasteiger partial charge in [-0.05, 0) is 24.6 Å². The molecule has 1 amide bonds. The van der Waals surface area contributed by atoms with Crippen LogP contribution in [0.5, 0.6) is 0 Å². The topological polar surface area (TPSA) is 74.2 Å². The number of rotatable bonds is 2. The largest absolute Gasteiger partial charge is 0.392 e. The number of nitrogens with zero attached hydrogens (tertiary/aromatic N) is 1. The van der Waals surface area contributed by atoms with Crippen LogP contribution in [0.1, 0.15) is 6.42 Å². The van der Waals surface area contributed by atoms with Gasteiger partial charge in [-0.15, -0.1) is 0 Å². The number of fused-ring (bicyclic) bond motifs is 1. The third kappa shape index (κ3) is 2.60. The van der Waals surface area contributed by atoms with Gasteiger partial charge in [-0.25, -0.2) is 0 Å². The molecule has 0 bridgehead atoms. The SMILES string of the molecule is O=C(Nc1cc(Cl)cc2cccnc12)C1CC(O)CN1. The molecule has 0 saturated carbocycles. The van der Waals surface area contributed by atoms with Crippen molar-refractivity contribution in [3.05, 3.63) is 35.5 Å². The Labute approximate surface area is 121 Å². The fourth-order valence-electron chi connectivity index (χ4n) is 2.39. The second-order valence-corrected chi connectivity index (χ2v) is 5.30. The molecule has 2 atom stereocenters. The fraction of sp³-hybridized carbons (Fsp3) is 0.286. The molecule has 2 unspecified atom stereocenters. The molecule has 1 aromatic heterocycles. The first-order valence-electron chi connectivity index (χ1n) is 6.40. The lowest BCUT2D eigenvalue weighted by molar-refractivity contribution is -0.117. The highest BCUT2D eigenvalue weighted by atomic mass is 35.5. The summed E-state index contributed by atoms with van der Waals surface area (Å²) in [4.78, 5) is 16.4. The number of carbonyl (C=O) groups is 1. The van der Waals surface area contributed by atoms with E-state index < -0.39 is 6.10 Å². The van der Waals surface area contributed by atoms with Crippen LogP contribution in [-0.4, -0.2) is 34.7 Å². The Kier molecular flexibility index (Phi) is 3.56. The number of benzene rings is 1. The Morgan fingerprint density at radius 2 is 2.35 bits per heavy atom. The van der Waals surface area contributed by atoms with Gasteiger partial charge >= 0.3 is 0 Å². The van der Waals surface area contributed by atoms with Crippen molar-refractivity contribution in [1.29, 1.82) is 0 Å². The van der Waals surface area contributed by atoms with E-state index in [2.05, 4.69) is 15.6 Å². The molecule has 2 aromatic rings. The molecule has 5 nitrogen and oxygen atoms in total. The summed E-state index contributed by atoms with van der Waals surface area (Å²) < 4.78 is 0. The van der Waals surface area contributed by atoms with Gasteiger partial charge in [0.2, 0.25) is 5.91 Å². The quantitative estimate of drug-likeness (QED) is 0.785. The monoisotopic (exact) mass is 291 g/mol. The van der Waals surface area contributed by atoms with Gasteiger partial charge in [0.05, 0.1) is 23.3 Å². The van der Waals surface area contributed by atoms with Gasteiger partial charge in [0.1, 0.15) is 0 Å². The number of amides is 1. The number of anilines is 1. The van der Waals surface area contributed by atoms with E-state index in [1.165, 1.54) is 0 Å². The summed E-state index contributed by atoms with van der Waals surface area (Å²) in [6.07, 6.45) is 1.61. The molecule has 3 N–H and O–H groups in total. The predicted octanol–water partition coefficient (Wildman–Crippen LogP) is 1.55. The highest BCUT2D eigenvalue weighted by Gasteiger charge is 2.28. The minimum Gasteiger partial charge on any atom is -0.392 e. The summed E-state index contributed by atoms with van der Waals surface area (Å²) in [7, 11) is 0. The number of hydrogen-bond acceptors (Lipinski definition) is 4. The molecule has 104 valence electrons. The van der Waals surface area contributed by atoms with Crippen LogP contribution in [0.3, 0.4) is 0 Å². The Hall–Kier alpha value is -1.69. The van der Waals surface area contributed by atoms with Gasteiger partial charge in [0.25, 0.3) is 0 Å². The number of pyridine rings is 1. The van der Waals surface area contributed by atoms with Crippen molar-refractivity contribution in [2.75, 3.05) is 11.9 Å². The Bertz CT molecular complexity index is 662. The summed E-state index contributed by atoms with van der Waals surface area (Å²) in [5.74, 6) is -0.184.